The molecule has 1 heterocycles. The summed E-state index contributed by atoms with van der Waals surface area (Å²) in [6.45, 7) is 1.84. The topological polar surface area (TPSA) is 71.5 Å². The van der Waals surface area contributed by atoms with Gasteiger partial charge in [-0.25, -0.2) is 9.37 Å². The summed E-state index contributed by atoms with van der Waals surface area (Å²) in [6.07, 6.45) is 0.898. The lowest BCUT2D eigenvalue weighted by Gasteiger charge is -2.09. The molecule has 0 saturated heterocycles. The minimum absolute atomic E-state index is 0.0822. The highest BCUT2D eigenvalue weighted by Crippen LogP contribution is 2.04. The number of halogens is 1. The Morgan fingerprint density at radius 1 is 1.65 bits per heavy atom. The Bertz CT molecular complexity index is 356. The third-order valence-electron chi connectivity index (χ3n) is 1.98. The number of nitrogens with one attached hydrogen (secondary N) is 1. The summed E-state index contributed by atoms with van der Waals surface area (Å²) in [5, 5.41) is 11.2. The fraction of sp³-hybridized carbons (Fsp3) is 0.455. The summed E-state index contributed by atoms with van der Waals surface area (Å²) in [6, 6.07) is 2.59. The van der Waals surface area contributed by atoms with Crippen molar-refractivity contribution < 1.29 is 19.0 Å². The first-order chi connectivity index (χ1) is 8.11. The highest BCUT2D eigenvalue weighted by atomic mass is 19.1. The van der Waals surface area contributed by atoms with Gasteiger partial charge in [-0.15, -0.1) is 0 Å². The van der Waals surface area contributed by atoms with Crippen LogP contribution in [0.5, 0.6) is 0 Å². The number of aliphatic hydroxyl groups excluding tert-OH is 1. The number of nitrogens with zero attached hydrogens (tertiary/aromatic N) is 1. The number of aliphatic hydroxyl groups is 1. The van der Waals surface area contributed by atoms with Crippen molar-refractivity contribution in [3.05, 3.63) is 24.1 Å². The smallest absolute Gasteiger partial charge is 0.227 e. The number of aromatic nitrogens is 1. The van der Waals surface area contributed by atoms with E-state index < -0.39 is 5.82 Å². The van der Waals surface area contributed by atoms with Gasteiger partial charge < -0.3 is 15.2 Å². The van der Waals surface area contributed by atoms with Crippen molar-refractivity contribution in [2.45, 2.75) is 19.4 Å². The van der Waals surface area contributed by atoms with Gasteiger partial charge in [-0.2, -0.15) is 0 Å². The van der Waals surface area contributed by atoms with Gasteiger partial charge >= 0.3 is 0 Å². The zero-order valence-electron chi connectivity index (χ0n) is 9.52. The van der Waals surface area contributed by atoms with Crippen molar-refractivity contribution in [2.75, 3.05) is 18.5 Å². The van der Waals surface area contributed by atoms with E-state index in [1.54, 1.807) is 6.92 Å². The van der Waals surface area contributed by atoms with Gasteiger partial charge in [0.1, 0.15) is 11.6 Å². The minimum Gasteiger partial charge on any atom is -0.394 e. The van der Waals surface area contributed by atoms with E-state index in [1.807, 2.05) is 0 Å². The molecule has 0 aliphatic heterocycles. The van der Waals surface area contributed by atoms with Crippen molar-refractivity contribution in [3.63, 3.8) is 0 Å². The van der Waals surface area contributed by atoms with Crippen molar-refractivity contribution in [2.24, 2.45) is 0 Å². The number of amides is 1. The van der Waals surface area contributed by atoms with Crippen LogP contribution < -0.4 is 5.32 Å². The second kappa shape index (κ2) is 6.93. The number of pyridine rings is 1. The molecule has 0 bridgehead atoms. The molecule has 1 rings (SSSR count). The first-order valence-corrected chi connectivity index (χ1v) is 5.25. The lowest BCUT2D eigenvalue weighted by molar-refractivity contribution is -0.117. The van der Waals surface area contributed by atoms with Crippen molar-refractivity contribution in [1.29, 1.82) is 0 Å². The number of carbonyl (C=O) groups is 1. The second-order valence-electron chi connectivity index (χ2n) is 3.52. The Hall–Kier alpha value is -1.53. The van der Waals surface area contributed by atoms with Crippen molar-refractivity contribution in [3.8, 4) is 0 Å². The summed E-state index contributed by atoms with van der Waals surface area (Å²) >= 11 is 0. The molecule has 1 atom stereocenters. The molecule has 0 radical (unpaired) electrons. The average Bonchev–Trinajstić information content (AvgIpc) is 2.32. The maximum absolute atomic E-state index is 12.5. The van der Waals surface area contributed by atoms with Crippen LogP contribution in [0, 0.1) is 5.82 Å². The molecule has 0 aromatic carbocycles. The Balaban J connectivity index is 2.27. The van der Waals surface area contributed by atoms with Gasteiger partial charge in [-0.05, 0) is 19.1 Å². The number of anilines is 1. The first-order valence-electron chi connectivity index (χ1n) is 5.25. The average molecular weight is 242 g/mol. The van der Waals surface area contributed by atoms with Gasteiger partial charge in [0.05, 0.1) is 31.9 Å². The second-order valence-corrected chi connectivity index (χ2v) is 3.52. The molecule has 0 spiro atoms. The van der Waals surface area contributed by atoms with E-state index in [4.69, 9.17) is 9.84 Å². The molecule has 17 heavy (non-hydrogen) atoms. The number of carbonyl (C=O) groups excluding carboxylic acids is 1. The summed E-state index contributed by atoms with van der Waals surface area (Å²) in [5.41, 5.74) is 0. The molecule has 1 aromatic rings. The lowest BCUT2D eigenvalue weighted by atomic mass is 10.4. The SMILES string of the molecule is C[C@H](CO)OCCC(=O)Nc1ccc(F)cn1. The zero-order chi connectivity index (χ0) is 12.7. The molecule has 2 N–H and O–H groups in total. The number of hydrogen-bond donors (Lipinski definition) is 2. The predicted molar refractivity (Wildman–Crippen MR) is 59.9 cm³/mol. The highest BCUT2D eigenvalue weighted by molar-refractivity contribution is 5.89. The van der Waals surface area contributed by atoms with Crippen LogP contribution in [0.25, 0.3) is 0 Å². The Labute approximate surface area is 98.6 Å². The third kappa shape index (κ3) is 5.37. The monoisotopic (exact) mass is 242 g/mol. The van der Waals surface area contributed by atoms with Crippen LogP contribution in [0.15, 0.2) is 18.3 Å². The maximum atomic E-state index is 12.5. The Morgan fingerprint density at radius 3 is 3.00 bits per heavy atom. The minimum atomic E-state index is -0.455. The van der Waals surface area contributed by atoms with Crippen LogP contribution in [0.1, 0.15) is 13.3 Å². The van der Waals surface area contributed by atoms with E-state index in [9.17, 15) is 9.18 Å². The number of rotatable bonds is 6. The van der Waals surface area contributed by atoms with Crippen LogP contribution in [0.2, 0.25) is 0 Å². The fourth-order valence-electron chi connectivity index (χ4n) is 1.06. The van der Waals surface area contributed by atoms with E-state index in [1.165, 1.54) is 12.1 Å². The van der Waals surface area contributed by atoms with Crippen LogP contribution in [0.4, 0.5) is 10.2 Å². The zero-order valence-corrected chi connectivity index (χ0v) is 9.52. The van der Waals surface area contributed by atoms with Gasteiger partial charge in [0.2, 0.25) is 5.91 Å². The lowest BCUT2D eigenvalue weighted by Crippen LogP contribution is -2.19. The van der Waals surface area contributed by atoms with Crippen molar-refractivity contribution >= 4 is 11.7 Å². The molecular weight excluding hydrogens is 227 g/mol. The first kappa shape index (κ1) is 13.5. The molecule has 1 amide bonds. The fourth-order valence-corrected chi connectivity index (χ4v) is 1.06. The number of ether oxygens (including phenoxy) is 1. The van der Waals surface area contributed by atoms with E-state index in [-0.39, 0.29) is 31.6 Å². The molecule has 94 valence electrons. The molecule has 1 aromatic heterocycles. The van der Waals surface area contributed by atoms with E-state index >= 15 is 0 Å². The van der Waals surface area contributed by atoms with Crippen LogP contribution in [0.3, 0.4) is 0 Å². The largest absolute Gasteiger partial charge is 0.394 e. The summed E-state index contributed by atoms with van der Waals surface area (Å²) < 4.78 is 17.7. The van der Waals surface area contributed by atoms with Gasteiger partial charge in [0.15, 0.2) is 0 Å². The summed E-state index contributed by atoms with van der Waals surface area (Å²) in [4.78, 5) is 15.1. The molecule has 0 fully saturated rings. The highest BCUT2D eigenvalue weighted by Gasteiger charge is 2.05. The third-order valence-corrected chi connectivity index (χ3v) is 1.98. The van der Waals surface area contributed by atoms with Gasteiger partial charge in [0, 0.05) is 0 Å². The molecule has 0 aliphatic rings. The normalized spacial score (nSPS) is 12.2. The predicted octanol–water partition coefficient (Wildman–Crippen LogP) is 0.947. The maximum Gasteiger partial charge on any atom is 0.227 e. The summed E-state index contributed by atoms with van der Waals surface area (Å²) in [5.74, 6) is -0.427. The molecule has 0 saturated carbocycles. The Kier molecular flexibility index (Phi) is 5.51. The Morgan fingerprint density at radius 2 is 2.41 bits per heavy atom. The quantitative estimate of drug-likeness (QED) is 0.779. The van der Waals surface area contributed by atoms with Crippen molar-refractivity contribution in [1.82, 2.24) is 4.98 Å². The van der Waals surface area contributed by atoms with Gasteiger partial charge in [-0.3, -0.25) is 4.79 Å². The van der Waals surface area contributed by atoms with Crippen LogP contribution in [-0.4, -0.2) is 35.3 Å². The summed E-state index contributed by atoms with van der Waals surface area (Å²) in [7, 11) is 0. The van der Waals surface area contributed by atoms with E-state index in [0.29, 0.717) is 5.82 Å². The number of hydrogen-bond acceptors (Lipinski definition) is 4. The molecule has 6 heteroatoms. The molecule has 0 aliphatic carbocycles. The molecular formula is C11H15FN2O3. The van der Waals surface area contributed by atoms with Crippen LogP contribution in [-0.2, 0) is 9.53 Å². The van der Waals surface area contributed by atoms with E-state index in [2.05, 4.69) is 10.3 Å². The van der Waals surface area contributed by atoms with Crippen LogP contribution >= 0.6 is 0 Å². The van der Waals surface area contributed by atoms with E-state index in [0.717, 1.165) is 6.20 Å². The standard InChI is InChI=1S/C11H15FN2O3/c1-8(7-15)17-5-4-11(16)14-10-3-2-9(12)6-13-10/h2-3,6,8,15H,4-5,7H2,1H3,(H,13,14,16)/t8-/m1/s1. The van der Waals surface area contributed by atoms with Gasteiger partial charge in [0.25, 0.3) is 0 Å². The molecule has 5 nitrogen and oxygen atoms in total. The molecule has 0 unspecified atom stereocenters. The van der Waals surface area contributed by atoms with Gasteiger partial charge in [-0.1, -0.05) is 0 Å².